The standard InChI is InChI=1S/C16H23N3O2/c1-4-5-6-17-15(20)9-14-16(21)19-13-8-11(3)10(2)7-12(13)18-14/h7-8,14,18H,4-6,9H2,1-3H3,(H,17,20)(H,19,21)/t14-/m1/s1. The summed E-state index contributed by atoms with van der Waals surface area (Å²) >= 11 is 0. The number of nitrogens with one attached hydrogen (secondary N) is 3. The Morgan fingerprint density at radius 3 is 2.57 bits per heavy atom. The molecule has 0 aliphatic carbocycles. The molecule has 2 amide bonds. The molecule has 1 aromatic carbocycles. The van der Waals surface area contributed by atoms with Gasteiger partial charge in [-0.15, -0.1) is 0 Å². The smallest absolute Gasteiger partial charge is 0.247 e. The van der Waals surface area contributed by atoms with Crippen molar-refractivity contribution in [2.24, 2.45) is 0 Å². The van der Waals surface area contributed by atoms with E-state index in [9.17, 15) is 9.59 Å². The molecule has 0 spiro atoms. The van der Waals surface area contributed by atoms with Crippen LogP contribution in [0.4, 0.5) is 11.4 Å². The Bertz CT molecular complexity index is 555. The van der Waals surface area contributed by atoms with Gasteiger partial charge < -0.3 is 16.0 Å². The molecule has 0 saturated carbocycles. The van der Waals surface area contributed by atoms with E-state index in [-0.39, 0.29) is 18.2 Å². The zero-order chi connectivity index (χ0) is 15.4. The molecule has 0 unspecified atom stereocenters. The maximum absolute atomic E-state index is 12.1. The van der Waals surface area contributed by atoms with E-state index in [4.69, 9.17) is 0 Å². The average Bonchev–Trinajstić information content (AvgIpc) is 2.42. The first kappa shape index (κ1) is 15.4. The van der Waals surface area contributed by atoms with Crippen LogP contribution in [0.25, 0.3) is 0 Å². The van der Waals surface area contributed by atoms with Gasteiger partial charge in [0.25, 0.3) is 0 Å². The molecule has 3 N–H and O–H groups in total. The van der Waals surface area contributed by atoms with Crippen LogP contribution in [0.15, 0.2) is 12.1 Å². The number of hydrogen-bond acceptors (Lipinski definition) is 3. The van der Waals surface area contributed by atoms with Gasteiger partial charge in [0.05, 0.1) is 17.8 Å². The molecule has 0 aromatic heterocycles. The van der Waals surface area contributed by atoms with Crippen LogP contribution in [0.5, 0.6) is 0 Å². The van der Waals surface area contributed by atoms with E-state index in [0.29, 0.717) is 6.54 Å². The molecule has 1 aliphatic rings. The highest BCUT2D eigenvalue weighted by molar-refractivity contribution is 6.05. The summed E-state index contributed by atoms with van der Waals surface area (Å²) in [6, 6.07) is 3.44. The molecular formula is C16H23N3O2. The number of rotatable bonds is 5. The second-order valence-corrected chi connectivity index (χ2v) is 5.58. The first-order valence-corrected chi connectivity index (χ1v) is 7.46. The van der Waals surface area contributed by atoms with Gasteiger partial charge in [0, 0.05) is 6.54 Å². The van der Waals surface area contributed by atoms with Crippen molar-refractivity contribution in [2.75, 3.05) is 17.2 Å². The molecule has 5 nitrogen and oxygen atoms in total. The van der Waals surface area contributed by atoms with Crippen LogP contribution in [0.3, 0.4) is 0 Å². The van der Waals surface area contributed by atoms with E-state index in [1.807, 2.05) is 26.0 Å². The van der Waals surface area contributed by atoms with Crippen molar-refractivity contribution in [3.8, 4) is 0 Å². The van der Waals surface area contributed by atoms with Crippen molar-refractivity contribution in [3.63, 3.8) is 0 Å². The third-order valence-corrected chi connectivity index (χ3v) is 3.78. The fourth-order valence-corrected chi connectivity index (χ4v) is 2.32. The maximum atomic E-state index is 12.1. The van der Waals surface area contributed by atoms with E-state index in [0.717, 1.165) is 35.3 Å². The highest BCUT2D eigenvalue weighted by Gasteiger charge is 2.27. The van der Waals surface area contributed by atoms with Crippen molar-refractivity contribution >= 4 is 23.2 Å². The lowest BCUT2D eigenvalue weighted by Gasteiger charge is -2.27. The number of carbonyl (C=O) groups excluding carboxylic acids is 2. The van der Waals surface area contributed by atoms with E-state index in [2.05, 4.69) is 22.9 Å². The first-order chi connectivity index (χ1) is 10.0. The molecule has 2 rings (SSSR count). The Balaban J connectivity index is 2.01. The van der Waals surface area contributed by atoms with Crippen LogP contribution in [0.2, 0.25) is 0 Å². The molecule has 5 heteroatoms. The number of hydrogen-bond donors (Lipinski definition) is 3. The monoisotopic (exact) mass is 289 g/mol. The number of amides is 2. The molecule has 0 fully saturated rings. The van der Waals surface area contributed by atoms with Crippen molar-refractivity contribution in [1.82, 2.24) is 5.32 Å². The second kappa shape index (κ2) is 6.61. The largest absolute Gasteiger partial charge is 0.372 e. The first-order valence-electron chi connectivity index (χ1n) is 7.46. The zero-order valence-corrected chi connectivity index (χ0v) is 12.9. The minimum atomic E-state index is -0.513. The molecule has 1 heterocycles. The SMILES string of the molecule is CCCCNC(=O)C[C@H]1Nc2cc(C)c(C)cc2NC1=O. The predicted octanol–water partition coefficient (Wildman–Crippen LogP) is 2.34. The summed E-state index contributed by atoms with van der Waals surface area (Å²) in [7, 11) is 0. The maximum Gasteiger partial charge on any atom is 0.247 e. The van der Waals surface area contributed by atoms with Crippen molar-refractivity contribution in [1.29, 1.82) is 0 Å². The van der Waals surface area contributed by atoms with Crippen LogP contribution in [-0.2, 0) is 9.59 Å². The van der Waals surface area contributed by atoms with Gasteiger partial charge in [0.1, 0.15) is 6.04 Å². The Hall–Kier alpha value is -2.04. The van der Waals surface area contributed by atoms with Gasteiger partial charge in [-0.25, -0.2) is 0 Å². The molecule has 1 aliphatic heterocycles. The third kappa shape index (κ3) is 3.74. The minimum absolute atomic E-state index is 0.0941. The second-order valence-electron chi connectivity index (χ2n) is 5.58. The molecular weight excluding hydrogens is 266 g/mol. The summed E-state index contributed by atoms with van der Waals surface area (Å²) in [6.45, 7) is 6.78. The quantitative estimate of drug-likeness (QED) is 0.729. The van der Waals surface area contributed by atoms with Gasteiger partial charge in [-0.05, 0) is 43.5 Å². The number of aryl methyl sites for hydroxylation is 2. The van der Waals surface area contributed by atoms with Gasteiger partial charge in [0.15, 0.2) is 0 Å². The van der Waals surface area contributed by atoms with Gasteiger partial charge in [-0.1, -0.05) is 13.3 Å². The van der Waals surface area contributed by atoms with E-state index in [1.54, 1.807) is 0 Å². The Kier molecular flexibility index (Phi) is 4.83. The normalized spacial score (nSPS) is 16.7. The third-order valence-electron chi connectivity index (χ3n) is 3.78. The molecule has 0 radical (unpaired) electrons. The van der Waals surface area contributed by atoms with Crippen molar-refractivity contribution in [3.05, 3.63) is 23.3 Å². The van der Waals surface area contributed by atoms with Crippen LogP contribution >= 0.6 is 0 Å². The van der Waals surface area contributed by atoms with Crippen LogP contribution < -0.4 is 16.0 Å². The minimum Gasteiger partial charge on any atom is -0.372 e. The Morgan fingerprint density at radius 1 is 1.24 bits per heavy atom. The number of carbonyl (C=O) groups is 2. The Labute approximate surface area is 125 Å². The van der Waals surface area contributed by atoms with Crippen molar-refractivity contribution in [2.45, 2.75) is 46.1 Å². The fourth-order valence-electron chi connectivity index (χ4n) is 2.32. The highest BCUT2D eigenvalue weighted by atomic mass is 16.2. The fraction of sp³-hybridized carbons (Fsp3) is 0.500. The predicted molar refractivity (Wildman–Crippen MR) is 84.5 cm³/mol. The number of benzene rings is 1. The molecule has 114 valence electrons. The lowest BCUT2D eigenvalue weighted by molar-refractivity contribution is -0.125. The highest BCUT2D eigenvalue weighted by Crippen LogP contribution is 2.30. The number of unbranched alkanes of at least 4 members (excludes halogenated alkanes) is 1. The summed E-state index contributed by atoms with van der Waals surface area (Å²) in [4.78, 5) is 23.9. The number of fused-ring (bicyclic) bond motifs is 1. The summed E-state index contributed by atoms with van der Waals surface area (Å²) in [5, 5.41) is 8.87. The zero-order valence-electron chi connectivity index (χ0n) is 12.9. The summed E-state index contributed by atoms with van der Waals surface area (Å²) in [5.41, 5.74) is 3.95. The molecule has 1 atom stereocenters. The van der Waals surface area contributed by atoms with E-state index >= 15 is 0 Å². The summed E-state index contributed by atoms with van der Waals surface area (Å²) < 4.78 is 0. The van der Waals surface area contributed by atoms with E-state index in [1.165, 1.54) is 0 Å². The van der Waals surface area contributed by atoms with Gasteiger partial charge in [-0.3, -0.25) is 9.59 Å². The Morgan fingerprint density at radius 2 is 1.90 bits per heavy atom. The topological polar surface area (TPSA) is 70.2 Å². The lowest BCUT2D eigenvalue weighted by Crippen LogP contribution is -2.42. The average molecular weight is 289 g/mol. The van der Waals surface area contributed by atoms with Crippen molar-refractivity contribution < 1.29 is 9.59 Å². The summed E-state index contributed by atoms with van der Waals surface area (Å²) in [6.07, 6.45) is 2.15. The van der Waals surface area contributed by atoms with Crippen LogP contribution in [0.1, 0.15) is 37.3 Å². The van der Waals surface area contributed by atoms with E-state index < -0.39 is 6.04 Å². The molecule has 0 saturated heterocycles. The van der Waals surface area contributed by atoms with Crippen LogP contribution in [0, 0.1) is 13.8 Å². The van der Waals surface area contributed by atoms with Gasteiger partial charge in [-0.2, -0.15) is 0 Å². The molecule has 1 aromatic rings. The lowest BCUT2D eigenvalue weighted by atomic mass is 10.0. The summed E-state index contributed by atoms with van der Waals surface area (Å²) in [5.74, 6) is -0.250. The van der Waals surface area contributed by atoms with Crippen LogP contribution in [-0.4, -0.2) is 24.4 Å². The van der Waals surface area contributed by atoms with Gasteiger partial charge in [0.2, 0.25) is 11.8 Å². The molecule has 0 bridgehead atoms. The number of anilines is 2. The van der Waals surface area contributed by atoms with Gasteiger partial charge >= 0.3 is 0 Å². The molecule has 21 heavy (non-hydrogen) atoms.